The molecule has 1 unspecified atom stereocenters. The average molecular weight is 610 g/mol. The molecule has 7 nitrogen and oxygen atoms in total. The molecule has 0 aliphatic carbocycles. The van der Waals surface area contributed by atoms with Gasteiger partial charge in [0.25, 0.3) is 5.91 Å². The maximum Gasteiger partial charge on any atom is 0.296 e. The van der Waals surface area contributed by atoms with E-state index in [2.05, 4.69) is 34.5 Å². The van der Waals surface area contributed by atoms with Gasteiger partial charge >= 0.3 is 0 Å². The number of furan rings is 1. The van der Waals surface area contributed by atoms with Crippen LogP contribution in [0.25, 0.3) is 21.7 Å². The van der Waals surface area contributed by atoms with Crippen molar-refractivity contribution in [2.24, 2.45) is 0 Å². The number of hydrogen-bond donors (Lipinski definition) is 1. The molecule has 6 aromatic rings. The van der Waals surface area contributed by atoms with Gasteiger partial charge < -0.3 is 9.52 Å². The van der Waals surface area contributed by atoms with Gasteiger partial charge in [0.05, 0.1) is 11.6 Å². The number of halogens is 1. The van der Waals surface area contributed by atoms with Gasteiger partial charge in [-0.2, -0.15) is 0 Å². The lowest BCUT2D eigenvalue weighted by Gasteiger charge is -2.23. The molecule has 0 saturated heterocycles. The van der Waals surface area contributed by atoms with Crippen LogP contribution < -0.4 is 4.90 Å². The highest BCUT2D eigenvalue weighted by atomic mass is 35.5. The molecule has 0 radical (unpaired) electrons. The van der Waals surface area contributed by atoms with Crippen molar-refractivity contribution < 1.29 is 19.1 Å². The number of aromatic nitrogens is 2. The normalized spacial score (nSPS) is 15.3. The van der Waals surface area contributed by atoms with Gasteiger partial charge in [0.2, 0.25) is 10.9 Å². The number of para-hydroxylation sites is 1. The number of carbonyl (C=O) groups is 2. The Morgan fingerprint density at radius 2 is 1.69 bits per heavy atom. The molecular formula is C32H20ClN3O4S2. The number of benzene rings is 4. The smallest absolute Gasteiger partial charge is 0.296 e. The first-order valence-electron chi connectivity index (χ1n) is 13.0. The number of aliphatic hydroxyl groups is 1. The molecular weight excluding hydrogens is 590 g/mol. The number of ketones is 1. The van der Waals surface area contributed by atoms with Crippen molar-refractivity contribution in [1.82, 2.24) is 10.2 Å². The number of carbonyl (C=O) groups excluding carboxylic acids is 2. The summed E-state index contributed by atoms with van der Waals surface area (Å²) in [6, 6.07) is 29.0. The quantitative estimate of drug-likeness (QED) is 0.111. The molecule has 0 spiro atoms. The lowest BCUT2D eigenvalue weighted by Crippen LogP contribution is -2.31. The van der Waals surface area contributed by atoms with Crippen LogP contribution in [0.3, 0.4) is 0 Å². The van der Waals surface area contributed by atoms with Crippen LogP contribution in [-0.2, 0) is 10.5 Å². The van der Waals surface area contributed by atoms with Crippen LogP contribution in [0.15, 0.2) is 117 Å². The van der Waals surface area contributed by atoms with E-state index in [0.29, 0.717) is 26.3 Å². The number of fused-ring (bicyclic) bond motifs is 2. The van der Waals surface area contributed by atoms with E-state index in [4.69, 9.17) is 16.0 Å². The highest BCUT2D eigenvalue weighted by molar-refractivity contribution is 8.00. The van der Waals surface area contributed by atoms with Crippen LogP contribution in [0.5, 0.6) is 0 Å². The highest BCUT2D eigenvalue weighted by Gasteiger charge is 2.46. The summed E-state index contributed by atoms with van der Waals surface area (Å²) in [5, 5.41) is 23.5. The first kappa shape index (κ1) is 26.5. The van der Waals surface area contributed by atoms with Crippen molar-refractivity contribution in [2.75, 3.05) is 4.90 Å². The summed E-state index contributed by atoms with van der Waals surface area (Å²) in [6.45, 7) is 0. The van der Waals surface area contributed by atoms with Gasteiger partial charge in [0.15, 0.2) is 15.9 Å². The number of amides is 1. The Bertz CT molecular complexity index is 1990. The van der Waals surface area contributed by atoms with Crippen molar-refractivity contribution in [2.45, 2.75) is 16.1 Å². The summed E-state index contributed by atoms with van der Waals surface area (Å²) in [4.78, 5) is 28.7. The van der Waals surface area contributed by atoms with Gasteiger partial charge in [-0.15, -0.1) is 10.2 Å². The van der Waals surface area contributed by atoms with Crippen LogP contribution >= 0.6 is 34.7 Å². The molecule has 2 aromatic heterocycles. The first-order chi connectivity index (χ1) is 20.5. The Labute approximate surface area is 253 Å². The van der Waals surface area contributed by atoms with Gasteiger partial charge in [-0.05, 0) is 46.2 Å². The third-order valence-corrected chi connectivity index (χ3v) is 9.48. The molecule has 0 bridgehead atoms. The standard InChI is InChI=1S/C32H20ClN3O4S2/c33-22-14-12-19(13-15-22)27-26(28(37)25-16-20-7-2-4-11-24(20)40-25)29(38)30(39)36(27)31-34-35-32(42-31)41-17-21-9-5-8-18-6-1-3-10-23(18)21/h1-16,27,38H,17H2. The van der Waals surface area contributed by atoms with E-state index in [1.54, 1.807) is 42.5 Å². The molecule has 1 N–H and O–H groups in total. The fourth-order valence-electron chi connectivity index (χ4n) is 5.14. The van der Waals surface area contributed by atoms with Crippen LogP contribution in [0.4, 0.5) is 5.13 Å². The monoisotopic (exact) mass is 609 g/mol. The van der Waals surface area contributed by atoms with E-state index in [-0.39, 0.29) is 16.5 Å². The minimum Gasteiger partial charge on any atom is -0.503 e. The van der Waals surface area contributed by atoms with Crippen LogP contribution in [-0.4, -0.2) is 27.0 Å². The minimum atomic E-state index is -0.959. The summed E-state index contributed by atoms with van der Waals surface area (Å²) >= 11 is 8.88. The Hall–Kier alpha value is -4.44. The Balaban J connectivity index is 1.23. The predicted octanol–water partition coefficient (Wildman–Crippen LogP) is 8.17. The van der Waals surface area contributed by atoms with Gasteiger partial charge in [-0.1, -0.05) is 107 Å². The molecule has 1 atom stereocenters. The van der Waals surface area contributed by atoms with E-state index in [1.807, 2.05) is 30.3 Å². The molecule has 4 aromatic carbocycles. The number of hydrogen-bond acceptors (Lipinski definition) is 8. The van der Waals surface area contributed by atoms with Crippen LogP contribution in [0.2, 0.25) is 5.02 Å². The number of aliphatic hydroxyl groups excluding tert-OH is 1. The third kappa shape index (κ3) is 4.65. The Morgan fingerprint density at radius 3 is 2.50 bits per heavy atom. The van der Waals surface area contributed by atoms with Gasteiger partial charge in [0.1, 0.15) is 5.58 Å². The van der Waals surface area contributed by atoms with Crippen LogP contribution in [0, 0.1) is 0 Å². The van der Waals surface area contributed by atoms with E-state index >= 15 is 0 Å². The molecule has 0 saturated carbocycles. The van der Waals surface area contributed by atoms with Crippen molar-refractivity contribution in [3.05, 3.63) is 130 Å². The van der Waals surface area contributed by atoms with E-state index < -0.39 is 23.5 Å². The minimum absolute atomic E-state index is 0.0231. The molecule has 1 aliphatic rings. The molecule has 0 fully saturated rings. The SMILES string of the molecule is O=C(C1=C(O)C(=O)N(c2nnc(SCc3cccc4ccccc34)s2)C1c1ccc(Cl)cc1)c1cc2ccccc2o1. The second-order valence-corrected chi connectivity index (χ2v) is 12.3. The first-order valence-corrected chi connectivity index (χ1v) is 15.1. The summed E-state index contributed by atoms with van der Waals surface area (Å²) < 4.78 is 6.45. The second kappa shape index (κ2) is 10.8. The number of Topliss-reactive ketones (excluding diaryl/α,β-unsaturated/α-hetero) is 1. The maximum absolute atomic E-state index is 13.8. The molecule has 1 amide bonds. The van der Waals surface area contributed by atoms with Gasteiger partial charge in [0, 0.05) is 16.2 Å². The summed E-state index contributed by atoms with van der Waals surface area (Å²) in [5.41, 5.74) is 2.17. The average Bonchev–Trinajstić information content (AvgIpc) is 3.73. The van der Waals surface area contributed by atoms with E-state index in [9.17, 15) is 14.7 Å². The largest absolute Gasteiger partial charge is 0.503 e. The molecule has 10 heteroatoms. The topological polar surface area (TPSA) is 96.5 Å². The highest BCUT2D eigenvalue weighted by Crippen LogP contribution is 2.44. The van der Waals surface area contributed by atoms with Crippen molar-refractivity contribution >= 4 is 73.3 Å². The number of anilines is 1. The zero-order valence-electron chi connectivity index (χ0n) is 21.7. The number of thioether (sulfide) groups is 1. The molecule has 206 valence electrons. The lowest BCUT2D eigenvalue weighted by molar-refractivity contribution is -0.117. The summed E-state index contributed by atoms with van der Waals surface area (Å²) in [6.07, 6.45) is 0. The second-order valence-electron chi connectivity index (χ2n) is 9.65. The zero-order chi connectivity index (χ0) is 28.8. The van der Waals surface area contributed by atoms with Crippen LogP contribution in [0.1, 0.15) is 27.7 Å². The Kier molecular flexibility index (Phi) is 6.78. The molecule has 7 rings (SSSR count). The third-order valence-electron chi connectivity index (χ3n) is 7.12. The van der Waals surface area contributed by atoms with E-state index in [0.717, 1.165) is 21.7 Å². The summed E-state index contributed by atoms with van der Waals surface area (Å²) in [7, 11) is 0. The van der Waals surface area contributed by atoms with Crippen molar-refractivity contribution in [3.63, 3.8) is 0 Å². The number of nitrogens with zero attached hydrogens (tertiary/aromatic N) is 3. The fourth-order valence-corrected chi connectivity index (χ4v) is 7.14. The molecule has 3 heterocycles. The molecule has 1 aliphatic heterocycles. The predicted molar refractivity (Wildman–Crippen MR) is 165 cm³/mol. The lowest BCUT2D eigenvalue weighted by atomic mass is 9.95. The van der Waals surface area contributed by atoms with E-state index in [1.165, 1.54) is 28.0 Å². The maximum atomic E-state index is 13.8. The zero-order valence-corrected chi connectivity index (χ0v) is 24.1. The Morgan fingerprint density at radius 1 is 0.952 bits per heavy atom. The summed E-state index contributed by atoms with van der Waals surface area (Å²) in [5.74, 6) is -1.30. The van der Waals surface area contributed by atoms with Crippen molar-refractivity contribution in [1.29, 1.82) is 0 Å². The van der Waals surface area contributed by atoms with Crippen molar-refractivity contribution in [3.8, 4) is 0 Å². The fraction of sp³-hybridized carbons (Fsp3) is 0.0625. The molecule has 42 heavy (non-hydrogen) atoms. The van der Waals surface area contributed by atoms with Gasteiger partial charge in [-0.3, -0.25) is 14.5 Å². The number of rotatable bonds is 7. The van der Waals surface area contributed by atoms with Gasteiger partial charge in [-0.25, -0.2) is 0 Å².